The Morgan fingerprint density at radius 2 is 1.14 bits per heavy atom. The molecule has 0 radical (unpaired) electrons. The van der Waals surface area contributed by atoms with E-state index in [2.05, 4.69) is 162 Å². The smallest absolute Gasteiger partial charge is 0.0864 e. The molecule has 0 unspecified atom stereocenters. The molecular weight excluding hydrogens is 603 g/mol. The Morgan fingerprint density at radius 1 is 0.440 bits per heavy atom. The fourth-order valence-electron chi connectivity index (χ4n) is 8.39. The number of fused-ring (bicyclic) bond motifs is 12. The highest BCUT2D eigenvalue weighted by molar-refractivity contribution is 6.26. The van der Waals surface area contributed by atoms with Gasteiger partial charge in [0.1, 0.15) is 0 Å². The van der Waals surface area contributed by atoms with E-state index in [0.29, 0.717) is 0 Å². The monoisotopic (exact) mass is 629 g/mol. The van der Waals surface area contributed by atoms with Crippen LogP contribution in [0.4, 0.5) is 0 Å². The minimum Gasteiger partial charge on any atom is -0.255 e. The third kappa shape index (κ3) is 3.88. The minimum absolute atomic E-state index is 0.951. The molecule has 0 bridgehead atoms. The number of hydrogen-bond donors (Lipinski definition) is 0. The van der Waals surface area contributed by atoms with Gasteiger partial charge in [-0.15, -0.1) is 0 Å². The SMILES string of the molecule is C1#Cc2c(ccc3cccnc23)/C=C\C(c2ccc3c(c2)-c2ccc(-c4ccc5c6ccccc6c6ccccc6c5c4)c4cccc-3c24)=C\1. The Labute approximate surface area is 289 Å². The highest BCUT2D eigenvalue weighted by atomic mass is 14.6. The molecule has 0 amide bonds. The van der Waals surface area contributed by atoms with E-state index >= 15 is 0 Å². The molecular formula is C49H27N. The first-order valence-corrected chi connectivity index (χ1v) is 17.1. The van der Waals surface area contributed by atoms with Gasteiger partial charge in [0.25, 0.3) is 0 Å². The van der Waals surface area contributed by atoms with Crippen LogP contribution in [0, 0.1) is 11.8 Å². The molecule has 0 N–H and O–H groups in total. The van der Waals surface area contributed by atoms with Crippen molar-refractivity contribution in [1.29, 1.82) is 0 Å². The first-order chi connectivity index (χ1) is 24.8. The zero-order valence-electron chi connectivity index (χ0n) is 27.0. The van der Waals surface area contributed by atoms with Crippen LogP contribution in [-0.2, 0) is 0 Å². The number of allylic oxidation sites excluding steroid dienone is 3. The zero-order chi connectivity index (χ0) is 32.8. The summed E-state index contributed by atoms with van der Waals surface area (Å²) in [6.45, 7) is 0. The maximum Gasteiger partial charge on any atom is 0.0864 e. The number of nitrogens with zero attached hydrogens (tertiary/aromatic N) is 1. The Bertz CT molecular complexity index is 3050. The molecule has 2 aliphatic carbocycles. The molecule has 9 aromatic rings. The lowest BCUT2D eigenvalue weighted by atomic mass is 9.90. The van der Waals surface area contributed by atoms with E-state index in [4.69, 9.17) is 0 Å². The number of benzene rings is 8. The second-order valence-electron chi connectivity index (χ2n) is 13.3. The van der Waals surface area contributed by atoms with Crippen LogP contribution in [0.15, 0.2) is 158 Å². The summed E-state index contributed by atoms with van der Waals surface area (Å²) in [6, 6.07) is 51.3. The highest BCUT2D eigenvalue weighted by Crippen LogP contribution is 2.50. The first-order valence-electron chi connectivity index (χ1n) is 17.1. The Kier molecular flexibility index (Phi) is 5.65. The van der Waals surface area contributed by atoms with Gasteiger partial charge in [-0.3, -0.25) is 4.98 Å². The van der Waals surface area contributed by atoms with Gasteiger partial charge in [-0.1, -0.05) is 145 Å². The number of hydrogen-bond acceptors (Lipinski definition) is 1. The standard InChI is InChI=1S/C49H27N/c1-2-12-39-37(10-1)38-11-3-4-13-40(38)46-29-34(22-24-41(39)46)35-25-26-45-47-28-33(21-23-42(47)44-16-6-15-43(35)48(44)45)30-8-5-14-36-31(18-17-30)19-20-32-9-7-27-50-49(32)36/h1-4,6-13,15-29H/b18-17-,30-8-,30-17?,31-18?. The van der Waals surface area contributed by atoms with Crippen molar-refractivity contribution in [2.75, 3.05) is 0 Å². The van der Waals surface area contributed by atoms with Crippen LogP contribution in [0.2, 0.25) is 0 Å². The molecule has 0 fully saturated rings. The van der Waals surface area contributed by atoms with Crippen molar-refractivity contribution in [3.63, 3.8) is 0 Å². The van der Waals surface area contributed by atoms with Crippen LogP contribution in [0.3, 0.4) is 0 Å². The van der Waals surface area contributed by atoms with E-state index in [0.717, 1.165) is 33.2 Å². The predicted octanol–water partition coefficient (Wildman–Crippen LogP) is 12.6. The third-order valence-corrected chi connectivity index (χ3v) is 10.7. The molecule has 2 aliphatic rings. The summed E-state index contributed by atoms with van der Waals surface area (Å²) in [4.78, 5) is 4.63. The van der Waals surface area contributed by atoms with Crippen LogP contribution in [0.5, 0.6) is 0 Å². The lowest BCUT2D eigenvalue weighted by molar-refractivity contribution is 1.40. The molecule has 1 heterocycles. The van der Waals surface area contributed by atoms with Crippen molar-refractivity contribution < 1.29 is 0 Å². The second-order valence-corrected chi connectivity index (χ2v) is 13.3. The van der Waals surface area contributed by atoms with Crippen LogP contribution in [-0.4, -0.2) is 4.98 Å². The Hall–Kier alpha value is -6.75. The van der Waals surface area contributed by atoms with Gasteiger partial charge in [0.15, 0.2) is 0 Å². The zero-order valence-corrected chi connectivity index (χ0v) is 27.0. The normalized spacial score (nSPS) is 14.5. The molecule has 8 aromatic carbocycles. The summed E-state index contributed by atoms with van der Waals surface area (Å²) in [5, 5.41) is 11.5. The summed E-state index contributed by atoms with van der Waals surface area (Å²) in [5.74, 6) is 6.75. The molecule has 1 nitrogen and oxygen atoms in total. The van der Waals surface area contributed by atoms with Crippen LogP contribution < -0.4 is 0 Å². The molecule has 0 aliphatic heterocycles. The topological polar surface area (TPSA) is 12.9 Å². The molecule has 0 spiro atoms. The molecule has 11 rings (SSSR count). The van der Waals surface area contributed by atoms with Gasteiger partial charge in [-0.2, -0.15) is 0 Å². The highest BCUT2D eigenvalue weighted by Gasteiger charge is 2.24. The van der Waals surface area contributed by atoms with Gasteiger partial charge in [-0.05, 0) is 117 Å². The minimum atomic E-state index is 0.951. The van der Waals surface area contributed by atoms with Crippen molar-refractivity contribution in [3.8, 4) is 45.2 Å². The molecule has 0 saturated carbocycles. The lowest BCUT2D eigenvalue weighted by Crippen LogP contribution is -1.91. The van der Waals surface area contributed by atoms with Crippen LogP contribution in [0.1, 0.15) is 16.7 Å². The summed E-state index contributed by atoms with van der Waals surface area (Å²) in [5.41, 5.74) is 12.9. The van der Waals surface area contributed by atoms with Gasteiger partial charge >= 0.3 is 0 Å². The summed E-state index contributed by atoms with van der Waals surface area (Å²) in [7, 11) is 0. The third-order valence-electron chi connectivity index (χ3n) is 10.7. The van der Waals surface area contributed by atoms with E-state index in [1.54, 1.807) is 0 Å². The summed E-state index contributed by atoms with van der Waals surface area (Å²) >= 11 is 0. The number of rotatable bonds is 2. The molecule has 50 heavy (non-hydrogen) atoms. The van der Waals surface area contributed by atoms with Crippen molar-refractivity contribution >= 4 is 65.6 Å². The molecule has 1 aromatic heterocycles. The Morgan fingerprint density at radius 3 is 1.98 bits per heavy atom. The van der Waals surface area contributed by atoms with E-state index in [1.807, 2.05) is 18.3 Å². The van der Waals surface area contributed by atoms with Crippen molar-refractivity contribution in [1.82, 2.24) is 4.98 Å². The molecule has 0 saturated heterocycles. The fourth-order valence-corrected chi connectivity index (χ4v) is 8.39. The van der Waals surface area contributed by atoms with Gasteiger partial charge in [-0.25, -0.2) is 0 Å². The lowest BCUT2D eigenvalue weighted by Gasteiger charge is -2.14. The number of pyridine rings is 1. The average molecular weight is 630 g/mol. The van der Waals surface area contributed by atoms with Crippen molar-refractivity contribution in [2.45, 2.75) is 0 Å². The van der Waals surface area contributed by atoms with Crippen LogP contribution in [0.25, 0.3) is 99.0 Å². The van der Waals surface area contributed by atoms with E-state index < -0.39 is 0 Å². The van der Waals surface area contributed by atoms with Crippen molar-refractivity contribution in [3.05, 3.63) is 175 Å². The summed E-state index contributed by atoms with van der Waals surface area (Å²) < 4.78 is 0. The Balaban J connectivity index is 1.04. The largest absolute Gasteiger partial charge is 0.255 e. The van der Waals surface area contributed by atoms with E-state index in [9.17, 15) is 0 Å². The molecule has 228 valence electrons. The quantitative estimate of drug-likeness (QED) is 0.137. The van der Waals surface area contributed by atoms with E-state index in [1.165, 1.54) is 76.5 Å². The average Bonchev–Trinajstić information content (AvgIpc) is 3.49. The van der Waals surface area contributed by atoms with E-state index in [-0.39, 0.29) is 0 Å². The van der Waals surface area contributed by atoms with Gasteiger partial charge in [0.2, 0.25) is 0 Å². The van der Waals surface area contributed by atoms with Gasteiger partial charge in [0.05, 0.1) is 11.1 Å². The van der Waals surface area contributed by atoms with Crippen molar-refractivity contribution in [2.24, 2.45) is 0 Å². The molecule has 1 heteroatoms. The number of aromatic nitrogens is 1. The maximum atomic E-state index is 4.63. The second kappa shape index (κ2) is 10.4. The predicted molar refractivity (Wildman–Crippen MR) is 212 cm³/mol. The fraction of sp³-hybridized carbons (Fsp3) is 0. The first kappa shape index (κ1) is 27.2. The maximum absolute atomic E-state index is 4.63. The summed E-state index contributed by atoms with van der Waals surface area (Å²) in [6.07, 6.45) is 8.24. The van der Waals surface area contributed by atoms with Gasteiger partial charge in [0, 0.05) is 11.6 Å². The van der Waals surface area contributed by atoms with Crippen LogP contribution >= 0.6 is 0 Å². The van der Waals surface area contributed by atoms with Gasteiger partial charge < -0.3 is 0 Å². The molecule has 0 atom stereocenters.